The third-order valence-corrected chi connectivity index (χ3v) is 5.82. The van der Waals surface area contributed by atoms with Crippen molar-refractivity contribution < 1.29 is 28.5 Å². The number of pyridine rings is 2. The van der Waals surface area contributed by atoms with E-state index in [0.29, 0.717) is 44.9 Å². The number of hydrogen-bond donors (Lipinski definition) is 1. The van der Waals surface area contributed by atoms with Crippen molar-refractivity contribution in [2.24, 2.45) is 0 Å². The molecule has 4 aromatic rings. The Morgan fingerprint density at radius 2 is 1.68 bits per heavy atom. The van der Waals surface area contributed by atoms with E-state index < -0.39 is 11.5 Å². The van der Waals surface area contributed by atoms with E-state index in [2.05, 4.69) is 10.4 Å². The van der Waals surface area contributed by atoms with E-state index in [1.807, 2.05) is 18.2 Å². The van der Waals surface area contributed by atoms with Gasteiger partial charge in [0, 0.05) is 18.8 Å². The Hall–Kier alpha value is -4.73. The summed E-state index contributed by atoms with van der Waals surface area (Å²) in [5, 5.41) is 0.834. The summed E-state index contributed by atoms with van der Waals surface area (Å²) in [6.07, 6.45) is 1.68. The summed E-state index contributed by atoms with van der Waals surface area (Å²) >= 11 is 0. The van der Waals surface area contributed by atoms with Gasteiger partial charge in [-0.1, -0.05) is 6.07 Å². The third kappa shape index (κ3) is 4.73. The number of aromatic nitrogens is 2. The van der Waals surface area contributed by atoms with E-state index in [0.717, 1.165) is 10.4 Å². The lowest BCUT2D eigenvalue weighted by Crippen LogP contribution is -2.33. The van der Waals surface area contributed by atoms with Crippen molar-refractivity contribution in [3.63, 3.8) is 0 Å². The van der Waals surface area contributed by atoms with Crippen LogP contribution in [0.1, 0.15) is 16.2 Å². The highest BCUT2D eigenvalue weighted by Crippen LogP contribution is 2.43. The van der Waals surface area contributed by atoms with Crippen LogP contribution in [0.2, 0.25) is 0 Å². The van der Waals surface area contributed by atoms with Gasteiger partial charge in [-0.15, -0.1) is 0 Å². The summed E-state index contributed by atoms with van der Waals surface area (Å²) < 4.78 is 28.6. The minimum Gasteiger partial charge on any atom is -0.493 e. The molecule has 37 heavy (non-hydrogen) atoms. The van der Waals surface area contributed by atoms with Crippen LogP contribution < -0.4 is 29.9 Å². The molecule has 0 radical (unpaired) electrons. The number of esters is 1. The standard InChI is InChI=1S/C27H27N3O7/c1-28-30-24(27(32)36-5)23(16-12-21(33-2)25(35-4)22(13-16)34-3)19-10-9-18(14-20(19)26(30)31)37-15-17-8-6-7-11-29-17/h6-14,28H,15H2,1-5H3. The van der Waals surface area contributed by atoms with Crippen LogP contribution in [-0.4, -0.2) is 51.1 Å². The lowest BCUT2D eigenvalue weighted by atomic mass is 9.96. The number of nitrogens with one attached hydrogen (secondary N) is 1. The normalized spacial score (nSPS) is 10.6. The zero-order valence-electron chi connectivity index (χ0n) is 21.2. The van der Waals surface area contributed by atoms with Crippen LogP contribution in [0.4, 0.5) is 0 Å². The predicted octanol–water partition coefficient (Wildman–Crippen LogP) is 3.63. The van der Waals surface area contributed by atoms with Gasteiger partial charge in [-0.3, -0.25) is 9.78 Å². The summed E-state index contributed by atoms with van der Waals surface area (Å²) in [6, 6.07) is 14.1. The highest BCUT2D eigenvalue weighted by atomic mass is 16.5. The van der Waals surface area contributed by atoms with Gasteiger partial charge in [0.2, 0.25) is 5.75 Å². The lowest BCUT2D eigenvalue weighted by molar-refractivity contribution is 0.0590. The van der Waals surface area contributed by atoms with Crippen LogP contribution in [0.25, 0.3) is 21.9 Å². The van der Waals surface area contributed by atoms with Crippen LogP contribution in [0.5, 0.6) is 23.0 Å². The first-order valence-corrected chi connectivity index (χ1v) is 11.3. The molecule has 1 N–H and O–H groups in total. The molecule has 0 amide bonds. The van der Waals surface area contributed by atoms with Crippen molar-refractivity contribution in [2.45, 2.75) is 6.61 Å². The molecule has 2 aromatic carbocycles. The Morgan fingerprint density at radius 1 is 0.946 bits per heavy atom. The lowest BCUT2D eigenvalue weighted by Gasteiger charge is -2.20. The fraction of sp³-hybridized carbons (Fsp3) is 0.222. The smallest absolute Gasteiger partial charge is 0.357 e. The molecule has 0 spiro atoms. The molecule has 0 atom stereocenters. The van der Waals surface area contributed by atoms with Crippen molar-refractivity contribution in [3.8, 4) is 34.1 Å². The number of benzene rings is 2. The first-order valence-electron chi connectivity index (χ1n) is 11.3. The van der Waals surface area contributed by atoms with E-state index in [1.165, 1.54) is 28.4 Å². The van der Waals surface area contributed by atoms with Gasteiger partial charge in [-0.2, -0.15) is 0 Å². The molecule has 0 aliphatic heterocycles. The molecular formula is C27H27N3O7. The number of hydrogen-bond acceptors (Lipinski definition) is 9. The molecule has 10 nitrogen and oxygen atoms in total. The van der Waals surface area contributed by atoms with E-state index in [1.54, 1.807) is 43.6 Å². The van der Waals surface area contributed by atoms with Crippen molar-refractivity contribution in [2.75, 3.05) is 40.9 Å². The average Bonchev–Trinajstić information content (AvgIpc) is 2.95. The second kappa shape index (κ2) is 10.9. The minimum atomic E-state index is -0.701. The van der Waals surface area contributed by atoms with Crippen LogP contribution in [0, 0.1) is 0 Å². The molecule has 2 heterocycles. The average molecular weight is 506 g/mol. The molecule has 0 saturated heterocycles. The highest BCUT2D eigenvalue weighted by Gasteiger charge is 2.26. The van der Waals surface area contributed by atoms with Crippen molar-refractivity contribution in [1.29, 1.82) is 0 Å². The fourth-order valence-corrected chi connectivity index (χ4v) is 4.13. The largest absolute Gasteiger partial charge is 0.493 e. The zero-order chi connectivity index (χ0) is 26.5. The predicted molar refractivity (Wildman–Crippen MR) is 138 cm³/mol. The molecule has 0 aliphatic carbocycles. The summed E-state index contributed by atoms with van der Waals surface area (Å²) in [6.45, 7) is 0.229. The number of carbonyl (C=O) groups excluding carboxylic acids is 1. The van der Waals surface area contributed by atoms with Gasteiger partial charge in [0.25, 0.3) is 5.56 Å². The second-order valence-electron chi connectivity index (χ2n) is 7.81. The Balaban J connectivity index is 1.99. The summed E-state index contributed by atoms with van der Waals surface area (Å²) in [5.41, 5.74) is 4.10. The summed E-state index contributed by atoms with van der Waals surface area (Å²) in [7, 11) is 7.30. The Bertz CT molecular complexity index is 1470. The van der Waals surface area contributed by atoms with Crippen molar-refractivity contribution in [3.05, 3.63) is 76.5 Å². The molecule has 2 aromatic heterocycles. The van der Waals surface area contributed by atoms with E-state index in [-0.39, 0.29) is 12.3 Å². The van der Waals surface area contributed by atoms with Gasteiger partial charge in [-0.05, 0) is 53.4 Å². The molecule has 0 unspecified atom stereocenters. The molecule has 4 rings (SSSR count). The van der Waals surface area contributed by atoms with Crippen LogP contribution in [0.3, 0.4) is 0 Å². The maximum atomic E-state index is 13.5. The number of carbonyl (C=O) groups is 1. The third-order valence-electron chi connectivity index (χ3n) is 5.82. The Labute approximate surface area is 213 Å². The van der Waals surface area contributed by atoms with Gasteiger partial charge in [0.05, 0.1) is 39.5 Å². The fourth-order valence-electron chi connectivity index (χ4n) is 4.13. The number of rotatable bonds is 9. The number of ether oxygens (including phenoxy) is 5. The van der Waals surface area contributed by atoms with Crippen molar-refractivity contribution >= 4 is 16.7 Å². The first kappa shape index (κ1) is 25.4. The number of fused-ring (bicyclic) bond motifs is 1. The van der Waals surface area contributed by atoms with Crippen LogP contribution in [0.15, 0.2) is 59.5 Å². The monoisotopic (exact) mass is 505 g/mol. The van der Waals surface area contributed by atoms with Gasteiger partial charge < -0.3 is 29.1 Å². The molecule has 192 valence electrons. The summed E-state index contributed by atoms with van der Waals surface area (Å²) in [4.78, 5) is 30.8. The Morgan fingerprint density at radius 3 is 2.24 bits per heavy atom. The minimum absolute atomic E-state index is 0.0129. The van der Waals surface area contributed by atoms with Crippen LogP contribution >= 0.6 is 0 Å². The summed E-state index contributed by atoms with van der Waals surface area (Å²) in [5.74, 6) is 0.939. The highest BCUT2D eigenvalue weighted by molar-refractivity contribution is 6.07. The maximum Gasteiger partial charge on any atom is 0.357 e. The molecule has 0 aliphatic rings. The number of methoxy groups -OCH3 is 4. The van der Waals surface area contributed by atoms with E-state index >= 15 is 0 Å². The topological polar surface area (TPSA) is 110 Å². The Kier molecular flexibility index (Phi) is 7.47. The molecule has 0 fully saturated rings. The maximum absolute atomic E-state index is 13.5. The number of nitrogens with zero attached hydrogens (tertiary/aromatic N) is 2. The quantitative estimate of drug-likeness (QED) is 0.341. The van der Waals surface area contributed by atoms with Crippen molar-refractivity contribution in [1.82, 2.24) is 9.66 Å². The SMILES string of the molecule is CNn1c(C(=O)OC)c(-c2cc(OC)c(OC)c(OC)c2)c2ccc(OCc3ccccn3)cc2c1=O. The van der Waals surface area contributed by atoms with E-state index in [9.17, 15) is 9.59 Å². The molecule has 0 saturated carbocycles. The van der Waals surface area contributed by atoms with Gasteiger partial charge in [0.1, 0.15) is 12.4 Å². The zero-order valence-corrected chi connectivity index (χ0v) is 21.2. The molecule has 10 heteroatoms. The van der Waals surface area contributed by atoms with E-state index in [4.69, 9.17) is 23.7 Å². The second-order valence-corrected chi connectivity index (χ2v) is 7.81. The van der Waals surface area contributed by atoms with Gasteiger partial charge in [0.15, 0.2) is 17.2 Å². The first-order chi connectivity index (χ1) is 18.0. The van der Waals surface area contributed by atoms with Gasteiger partial charge >= 0.3 is 5.97 Å². The molecular weight excluding hydrogens is 478 g/mol. The van der Waals surface area contributed by atoms with Crippen LogP contribution in [-0.2, 0) is 11.3 Å². The van der Waals surface area contributed by atoms with Gasteiger partial charge in [-0.25, -0.2) is 9.47 Å². The molecule has 0 bridgehead atoms.